The largest absolute Gasteiger partial charge is 0.451 e. The van der Waals surface area contributed by atoms with Crippen molar-refractivity contribution in [2.24, 2.45) is 0 Å². The highest BCUT2D eigenvalue weighted by molar-refractivity contribution is 6.30. The Bertz CT molecular complexity index is 707. The number of benzene rings is 1. The molecular formula is C15H13ClN2O4. The molecule has 1 amide bonds. The number of H-pyrrole nitrogens is 1. The summed E-state index contributed by atoms with van der Waals surface area (Å²) >= 11 is 5.67. The number of ketones is 1. The lowest BCUT2D eigenvalue weighted by atomic mass is 10.1. The van der Waals surface area contributed by atoms with E-state index < -0.39 is 18.5 Å². The number of ether oxygens (including phenoxy) is 1. The SMILES string of the molecule is CC(=O)c1ccc(NC(=O)COC(=O)c2cc(Cl)c[nH]2)cc1. The van der Waals surface area contributed by atoms with Crippen LogP contribution in [-0.2, 0) is 9.53 Å². The van der Waals surface area contributed by atoms with E-state index in [0.717, 1.165) is 0 Å². The number of hydrogen-bond donors (Lipinski definition) is 2. The van der Waals surface area contributed by atoms with Gasteiger partial charge in [-0.15, -0.1) is 0 Å². The first-order valence-corrected chi connectivity index (χ1v) is 6.75. The number of aromatic nitrogens is 1. The molecule has 0 aliphatic carbocycles. The Balaban J connectivity index is 1.85. The van der Waals surface area contributed by atoms with E-state index in [1.54, 1.807) is 24.3 Å². The minimum atomic E-state index is -0.672. The van der Waals surface area contributed by atoms with Crippen molar-refractivity contribution < 1.29 is 19.1 Å². The number of carbonyl (C=O) groups excluding carboxylic acids is 3. The van der Waals surface area contributed by atoms with Crippen LogP contribution in [0.15, 0.2) is 36.5 Å². The Morgan fingerprint density at radius 2 is 1.91 bits per heavy atom. The quantitative estimate of drug-likeness (QED) is 0.655. The molecule has 0 saturated heterocycles. The summed E-state index contributed by atoms with van der Waals surface area (Å²) in [5, 5.41) is 2.93. The number of amides is 1. The average molecular weight is 321 g/mol. The maximum absolute atomic E-state index is 11.7. The van der Waals surface area contributed by atoms with E-state index in [1.807, 2.05) is 0 Å². The number of aromatic amines is 1. The van der Waals surface area contributed by atoms with Crippen molar-refractivity contribution in [1.29, 1.82) is 0 Å². The third-order valence-corrected chi connectivity index (χ3v) is 3.00. The zero-order valence-corrected chi connectivity index (χ0v) is 12.4. The number of Topliss-reactive ketones (excluding diaryl/α,β-unsaturated/α-hetero) is 1. The van der Waals surface area contributed by atoms with Gasteiger partial charge in [0.1, 0.15) is 5.69 Å². The highest BCUT2D eigenvalue weighted by Crippen LogP contribution is 2.11. The van der Waals surface area contributed by atoms with Crippen molar-refractivity contribution in [2.45, 2.75) is 6.92 Å². The minimum Gasteiger partial charge on any atom is -0.451 e. The standard InChI is InChI=1S/C15H13ClN2O4/c1-9(19)10-2-4-12(5-3-10)18-14(20)8-22-15(21)13-6-11(16)7-17-13/h2-7,17H,8H2,1H3,(H,18,20). The minimum absolute atomic E-state index is 0.0589. The summed E-state index contributed by atoms with van der Waals surface area (Å²) in [4.78, 5) is 37.0. The number of rotatable bonds is 5. The van der Waals surface area contributed by atoms with E-state index in [4.69, 9.17) is 16.3 Å². The summed E-state index contributed by atoms with van der Waals surface area (Å²) in [6.07, 6.45) is 1.44. The van der Waals surface area contributed by atoms with Gasteiger partial charge in [-0.05, 0) is 37.3 Å². The summed E-state index contributed by atoms with van der Waals surface area (Å²) in [5.74, 6) is -1.22. The monoisotopic (exact) mass is 320 g/mol. The Morgan fingerprint density at radius 3 is 2.45 bits per heavy atom. The van der Waals surface area contributed by atoms with Crippen LogP contribution in [0.2, 0.25) is 5.02 Å². The molecule has 0 radical (unpaired) electrons. The van der Waals surface area contributed by atoms with Crippen LogP contribution in [0, 0.1) is 0 Å². The fraction of sp³-hybridized carbons (Fsp3) is 0.133. The van der Waals surface area contributed by atoms with Crippen LogP contribution in [0.1, 0.15) is 27.8 Å². The van der Waals surface area contributed by atoms with Crippen molar-refractivity contribution in [2.75, 3.05) is 11.9 Å². The number of carbonyl (C=O) groups is 3. The molecule has 0 aliphatic heterocycles. The van der Waals surface area contributed by atoms with Crippen LogP contribution in [0.4, 0.5) is 5.69 Å². The molecule has 0 aliphatic rings. The van der Waals surface area contributed by atoms with Crippen molar-refractivity contribution in [3.05, 3.63) is 52.8 Å². The van der Waals surface area contributed by atoms with Crippen LogP contribution in [-0.4, -0.2) is 29.3 Å². The Hall–Kier alpha value is -2.60. The molecule has 2 aromatic rings. The molecule has 0 atom stereocenters. The molecule has 6 nitrogen and oxygen atoms in total. The van der Waals surface area contributed by atoms with Crippen molar-refractivity contribution in [3.63, 3.8) is 0 Å². The van der Waals surface area contributed by atoms with Gasteiger partial charge in [0.15, 0.2) is 12.4 Å². The summed E-state index contributed by atoms with van der Waals surface area (Å²) < 4.78 is 4.84. The summed E-state index contributed by atoms with van der Waals surface area (Å²) in [7, 11) is 0. The normalized spacial score (nSPS) is 10.1. The molecule has 2 rings (SSSR count). The van der Waals surface area contributed by atoms with E-state index in [2.05, 4.69) is 10.3 Å². The molecule has 22 heavy (non-hydrogen) atoms. The number of nitrogens with one attached hydrogen (secondary N) is 2. The molecule has 1 aromatic heterocycles. The third-order valence-electron chi connectivity index (χ3n) is 2.78. The third kappa shape index (κ3) is 4.20. The molecule has 0 unspecified atom stereocenters. The second-order valence-electron chi connectivity index (χ2n) is 4.49. The van der Waals surface area contributed by atoms with E-state index in [1.165, 1.54) is 19.2 Å². The molecule has 0 bridgehead atoms. The van der Waals surface area contributed by atoms with Crippen LogP contribution >= 0.6 is 11.6 Å². The molecule has 7 heteroatoms. The van der Waals surface area contributed by atoms with Gasteiger partial charge < -0.3 is 15.0 Å². The van der Waals surface area contributed by atoms with Gasteiger partial charge in [-0.2, -0.15) is 0 Å². The highest BCUT2D eigenvalue weighted by atomic mass is 35.5. The molecule has 0 saturated carbocycles. The van der Waals surface area contributed by atoms with Gasteiger partial charge in [-0.3, -0.25) is 9.59 Å². The summed E-state index contributed by atoms with van der Waals surface area (Å²) in [5.41, 5.74) is 1.23. The Labute approximate surface area is 131 Å². The predicted molar refractivity (Wildman–Crippen MR) is 81.2 cm³/mol. The van der Waals surface area contributed by atoms with Crippen LogP contribution in [0.25, 0.3) is 0 Å². The second-order valence-corrected chi connectivity index (χ2v) is 4.93. The molecule has 2 N–H and O–H groups in total. The van der Waals surface area contributed by atoms with Gasteiger partial charge in [0.05, 0.1) is 5.02 Å². The maximum atomic E-state index is 11.7. The molecule has 1 aromatic carbocycles. The second kappa shape index (κ2) is 6.91. The zero-order valence-electron chi connectivity index (χ0n) is 11.7. The molecule has 0 fully saturated rings. The first kappa shape index (κ1) is 15.8. The first-order valence-electron chi connectivity index (χ1n) is 6.37. The molecule has 0 spiro atoms. The van der Waals surface area contributed by atoms with Gasteiger partial charge in [0, 0.05) is 17.4 Å². The van der Waals surface area contributed by atoms with Crippen molar-refractivity contribution >= 4 is 34.9 Å². The maximum Gasteiger partial charge on any atom is 0.355 e. The highest BCUT2D eigenvalue weighted by Gasteiger charge is 2.12. The van der Waals surface area contributed by atoms with Gasteiger partial charge >= 0.3 is 5.97 Å². The predicted octanol–water partition coefficient (Wildman–Crippen LogP) is 2.67. The van der Waals surface area contributed by atoms with Gasteiger partial charge in [0.25, 0.3) is 5.91 Å². The fourth-order valence-electron chi connectivity index (χ4n) is 1.68. The number of anilines is 1. The lowest BCUT2D eigenvalue weighted by molar-refractivity contribution is -0.119. The van der Waals surface area contributed by atoms with E-state index in [9.17, 15) is 14.4 Å². The Kier molecular flexibility index (Phi) is 4.95. The number of hydrogen-bond acceptors (Lipinski definition) is 4. The van der Waals surface area contributed by atoms with Crippen LogP contribution in [0.5, 0.6) is 0 Å². The first-order chi connectivity index (χ1) is 10.5. The van der Waals surface area contributed by atoms with Gasteiger partial charge in [-0.1, -0.05) is 11.6 Å². The lowest BCUT2D eigenvalue weighted by Crippen LogP contribution is -2.21. The molecule has 1 heterocycles. The fourth-order valence-corrected chi connectivity index (χ4v) is 1.84. The van der Waals surface area contributed by atoms with Crippen molar-refractivity contribution in [1.82, 2.24) is 4.98 Å². The average Bonchev–Trinajstić information content (AvgIpc) is 2.92. The van der Waals surface area contributed by atoms with Crippen LogP contribution < -0.4 is 5.32 Å². The van der Waals surface area contributed by atoms with Crippen LogP contribution in [0.3, 0.4) is 0 Å². The smallest absolute Gasteiger partial charge is 0.355 e. The number of halogens is 1. The summed E-state index contributed by atoms with van der Waals surface area (Å²) in [6, 6.07) is 7.81. The zero-order chi connectivity index (χ0) is 16.1. The molecule has 114 valence electrons. The Morgan fingerprint density at radius 1 is 1.23 bits per heavy atom. The summed E-state index contributed by atoms with van der Waals surface area (Å²) in [6.45, 7) is 1.03. The van der Waals surface area contributed by atoms with Crippen molar-refractivity contribution in [3.8, 4) is 0 Å². The van der Waals surface area contributed by atoms with Gasteiger partial charge in [0.2, 0.25) is 0 Å². The van der Waals surface area contributed by atoms with E-state index in [0.29, 0.717) is 16.3 Å². The topological polar surface area (TPSA) is 88.3 Å². The van der Waals surface area contributed by atoms with E-state index >= 15 is 0 Å². The molecular weight excluding hydrogens is 308 g/mol. The van der Waals surface area contributed by atoms with E-state index in [-0.39, 0.29) is 11.5 Å². The lowest BCUT2D eigenvalue weighted by Gasteiger charge is -2.06. The van der Waals surface area contributed by atoms with Gasteiger partial charge in [-0.25, -0.2) is 4.79 Å². The number of esters is 1.